The minimum atomic E-state index is -0.740. The maximum absolute atomic E-state index is 14.1. The van der Waals surface area contributed by atoms with Gasteiger partial charge in [-0.3, -0.25) is 14.4 Å². The summed E-state index contributed by atoms with van der Waals surface area (Å²) in [5.41, 5.74) is 0. The summed E-state index contributed by atoms with van der Waals surface area (Å²) >= 11 is 5.31. The maximum atomic E-state index is 14.1. The van der Waals surface area contributed by atoms with E-state index in [9.17, 15) is 19.5 Å². The molecule has 3 heterocycles. The van der Waals surface area contributed by atoms with Gasteiger partial charge in [0.2, 0.25) is 11.8 Å². The average molecular weight is 544 g/mol. The van der Waals surface area contributed by atoms with Crippen molar-refractivity contribution in [1.82, 2.24) is 9.80 Å². The molecule has 2 amide bonds. The molecule has 7 atom stereocenters. The van der Waals surface area contributed by atoms with E-state index in [1.807, 2.05) is 6.92 Å². The Bertz CT molecular complexity index is 791. The van der Waals surface area contributed by atoms with Gasteiger partial charge in [0.1, 0.15) is 12.6 Å². The highest BCUT2D eigenvalue weighted by Crippen LogP contribution is 2.68. The van der Waals surface area contributed by atoms with E-state index in [1.54, 1.807) is 27.6 Å². The van der Waals surface area contributed by atoms with E-state index in [4.69, 9.17) is 4.74 Å². The molecule has 3 aliphatic heterocycles. The monoisotopic (exact) mass is 542 g/mol. The lowest BCUT2D eigenvalue weighted by Crippen LogP contribution is -2.57. The zero-order valence-electron chi connectivity index (χ0n) is 19.5. The molecule has 184 valence electrons. The molecule has 3 unspecified atom stereocenters. The number of carbonyl (C=O) groups excluding carboxylic acids is 3. The normalized spacial score (nSPS) is 33.0. The Balaban J connectivity index is 2.07. The fourth-order valence-electron chi connectivity index (χ4n) is 5.63. The third-order valence-corrected chi connectivity index (χ3v) is 10.3. The molecule has 0 aromatic rings. The average Bonchev–Trinajstić information content (AvgIpc) is 3.39. The number of nitrogens with zero attached hydrogens (tertiary/aromatic N) is 2. The van der Waals surface area contributed by atoms with Crippen molar-refractivity contribution in [3.8, 4) is 0 Å². The zero-order valence-corrected chi connectivity index (χ0v) is 21.9. The number of esters is 1. The second kappa shape index (κ2) is 11.0. The van der Waals surface area contributed by atoms with Crippen LogP contribution in [-0.4, -0.2) is 85.9 Å². The molecule has 2 bridgehead atoms. The standard InChI is InChI=1S/C24H35BrN2O5S/c1-5-9-11-26(10-6-2)22(30)20-24-13-16(25)19(33-24)17(23(31)32-12-7-3)18(24)21(29)27(20)15(8-4)14-28/h6-7,15-20,28H,2-3,5,8-14H2,1,4H3/t15-,16?,17-,18-,19-,20?,24?/m0/s1. The number of hydrogen-bond acceptors (Lipinski definition) is 6. The van der Waals surface area contributed by atoms with Crippen molar-refractivity contribution in [2.24, 2.45) is 11.8 Å². The molecule has 9 heteroatoms. The lowest BCUT2D eigenvalue weighted by molar-refractivity contribution is -0.153. The number of amides is 2. The molecule has 1 N–H and O–H groups in total. The molecule has 3 aliphatic rings. The SMILES string of the molecule is C=CCOC(=O)[C@H]1[C@H]2C(=O)N([C@@H](CC)CO)C(C(=O)N(CC=C)CCCC)C23CC(Br)[C@@H]1S3. The molecule has 0 radical (unpaired) electrons. The first-order valence-electron chi connectivity index (χ1n) is 11.7. The molecular formula is C24H35BrN2O5S. The number of thioether (sulfide) groups is 1. The molecule has 0 aliphatic carbocycles. The first-order valence-corrected chi connectivity index (χ1v) is 13.5. The molecule has 3 fully saturated rings. The van der Waals surface area contributed by atoms with Crippen LogP contribution >= 0.6 is 27.7 Å². The summed E-state index contributed by atoms with van der Waals surface area (Å²) in [5, 5.41) is 9.96. The van der Waals surface area contributed by atoms with Gasteiger partial charge in [-0.25, -0.2) is 0 Å². The second-order valence-electron chi connectivity index (χ2n) is 9.00. The van der Waals surface area contributed by atoms with E-state index >= 15 is 0 Å². The van der Waals surface area contributed by atoms with Crippen LogP contribution in [0.2, 0.25) is 0 Å². The minimum Gasteiger partial charge on any atom is -0.461 e. The Morgan fingerprint density at radius 2 is 2.12 bits per heavy atom. The quantitative estimate of drug-likeness (QED) is 0.232. The maximum Gasteiger partial charge on any atom is 0.311 e. The summed E-state index contributed by atoms with van der Waals surface area (Å²) in [4.78, 5) is 44.4. The topological polar surface area (TPSA) is 87.1 Å². The number of unbranched alkanes of at least 4 members (excludes halogenated alkanes) is 1. The van der Waals surface area contributed by atoms with E-state index in [-0.39, 0.29) is 35.1 Å². The van der Waals surface area contributed by atoms with Crippen LogP contribution in [-0.2, 0) is 19.1 Å². The van der Waals surface area contributed by atoms with Gasteiger partial charge in [-0.15, -0.1) is 18.3 Å². The van der Waals surface area contributed by atoms with Gasteiger partial charge in [0.15, 0.2) is 0 Å². The molecule has 3 saturated heterocycles. The summed E-state index contributed by atoms with van der Waals surface area (Å²) in [5.74, 6) is -2.06. The van der Waals surface area contributed by atoms with Crippen LogP contribution in [0.5, 0.6) is 0 Å². The van der Waals surface area contributed by atoms with Crippen LogP contribution in [0, 0.1) is 11.8 Å². The van der Waals surface area contributed by atoms with Crippen molar-refractivity contribution in [1.29, 1.82) is 0 Å². The van der Waals surface area contributed by atoms with Crippen molar-refractivity contribution in [3.63, 3.8) is 0 Å². The van der Waals surface area contributed by atoms with E-state index in [0.717, 1.165) is 12.8 Å². The van der Waals surface area contributed by atoms with Crippen molar-refractivity contribution in [2.45, 2.75) is 66.4 Å². The lowest BCUT2D eigenvalue weighted by atomic mass is 9.71. The molecular weight excluding hydrogens is 508 g/mol. The second-order valence-corrected chi connectivity index (χ2v) is 11.7. The Hall–Kier alpha value is -1.32. The number of ether oxygens (including phenoxy) is 1. The van der Waals surface area contributed by atoms with Gasteiger partial charge in [-0.1, -0.05) is 54.9 Å². The number of carbonyl (C=O) groups is 3. The minimum absolute atomic E-state index is 0.0132. The lowest BCUT2D eigenvalue weighted by Gasteiger charge is -2.39. The van der Waals surface area contributed by atoms with Gasteiger partial charge in [-0.2, -0.15) is 0 Å². The Kier molecular flexibility index (Phi) is 8.72. The highest BCUT2D eigenvalue weighted by Gasteiger charge is 2.76. The number of aliphatic hydroxyl groups is 1. The first kappa shape index (κ1) is 26.3. The van der Waals surface area contributed by atoms with Crippen LogP contribution < -0.4 is 0 Å². The van der Waals surface area contributed by atoms with Crippen LogP contribution in [0.1, 0.15) is 39.5 Å². The number of alkyl halides is 1. The fraction of sp³-hybridized carbons (Fsp3) is 0.708. The van der Waals surface area contributed by atoms with Crippen LogP contribution in [0.15, 0.2) is 25.3 Å². The van der Waals surface area contributed by atoms with E-state index in [2.05, 4.69) is 36.0 Å². The summed E-state index contributed by atoms with van der Waals surface area (Å²) in [6, 6.07) is -1.22. The van der Waals surface area contributed by atoms with Crippen LogP contribution in [0.4, 0.5) is 0 Å². The largest absolute Gasteiger partial charge is 0.461 e. The molecule has 1 spiro atoms. The number of likely N-dealkylation sites (tertiary alicyclic amines) is 1. The first-order chi connectivity index (χ1) is 15.8. The summed E-state index contributed by atoms with van der Waals surface area (Å²) in [7, 11) is 0. The number of aliphatic hydroxyl groups excluding tert-OH is 1. The highest BCUT2D eigenvalue weighted by atomic mass is 79.9. The zero-order chi connectivity index (χ0) is 24.3. The van der Waals surface area contributed by atoms with Gasteiger partial charge in [-0.05, 0) is 19.3 Å². The summed E-state index contributed by atoms with van der Waals surface area (Å²) < 4.78 is 4.66. The number of hydrogen-bond donors (Lipinski definition) is 1. The van der Waals surface area contributed by atoms with E-state index < -0.39 is 34.6 Å². The van der Waals surface area contributed by atoms with E-state index in [1.165, 1.54) is 6.08 Å². The number of fused-ring (bicyclic) bond motifs is 1. The molecule has 0 aromatic heterocycles. The van der Waals surface area contributed by atoms with Crippen LogP contribution in [0.25, 0.3) is 0 Å². The van der Waals surface area contributed by atoms with Gasteiger partial charge in [0.05, 0.1) is 29.2 Å². The van der Waals surface area contributed by atoms with Gasteiger partial charge in [0, 0.05) is 23.2 Å². The van der Waals surface area contributed by atoms with Gasteiger partial charge < -0.3 is 19.6 Å². The van der Waals surface area contributed by atoms with Crippen LogP contribution in [0.3, 0.4) is 0 Å². The van der Waals surface area contributed by atoms with Gasteiger partial charge in [0.25, 0.3) is 0 Å². The van der Waals surface area contributed by atoms with Gasteiger partial charge >= 0.3 is 5.97 Å². The summed E-state index contributed by atoms with van der Waals surface area (Å²) in [6.07, 6.45) is 6.12. The molecule has 0 aromatic carbocycles. The smallest absolute Gasteiger partial charge is 0.311 e. The van der Waals surface area contributed by atoms with Crippen molar-refractivity contribution < 1.29 is 24.2 Å². The third-order valence-electron chi connectivity index (χ3n) is 7.09. The van der Waals surface area contributed by atoms with Crippen molar-refractivity contribution in [2.75, 3.05) is 26.3 Å². The van der Waals surface area contributed by atoms with Crippen molar-refractivity contribution >= 4 is 45.5 Å². The Morgan fingerprint density at radius 1 is 1.39 bits per heavy atom. The molecule has 3 rings (SSSR count). The third kappa shape index (κ3) is 4.41. The number of halogens is 1. The molecule has 7 nitrogen and oxygen atoms in total. The predicted octanol–water partition coefficient (Wildman–Crippen LogP) is 2.77. The summed E-state index contributed by atoms with van der Waals surface area (Å²) in [6.45, 7) is 12.2. The Labute approximate surface area is 209 Å². The number of rotatable bonds is 12. The fourth-order valence-corrected chi connectivity index (χ4v) is 9.21. The predicted molar refractivity (Wildman–Crippen MR) is 133 cm³/mol. The highest BCUT2D eigenvalue weighted by molar-refractivity contribution is 9.09. The van der Waals surface area contributed by atoms with Crippen molar-refractivity contribution in [3.05, 3.63) is 25.3 Å². The molecule has 33 heavy (non-hydrogen) atoms. The Morgan fingerprint density at radius 3 is 2.70 bits per heavy atom. The van der Waals surface area contributed by atoms with E-state index in [0.29, 0.717) is 25.9 Å². The molecule has 0 saturated carbocycles.